The normalized spacial score (nSPS) is 11.7. The van der Waals surface area contributed by atoms with Crippen molar-refractivity contribution in [1.82, 2.24) is 9.97 Å². The van der Waals surface area contributed by atoms with E-state index >= 15 is 0 Å². The lowest BCUT2D eigenvalue weighted by atomic mass is 10.1. The second-order valence-corrected chi connectivity index (χ2v) is 7.53. The third kappa shape index (κ3) is 4.78. The van der Waals surface area contributed by atoms with Crippen molar-refractivity contribution in [2.75, 3.05) is 23.5 Å². The molecular weight excluding hydrogens is 409 g/mol. The number of nitrogens with two attached hydrogens (primary N) is 1. The van der Waals surface area contributed by atoms with Gasteiger partial charge in [-0.15, -0.1) is 0 Å². The summed E-state index contributed by atoms with van der Waals surface area (Å²) in [7, 11) is 1.58. The molecule has 156 valence electrons. The first-order valence-electron chi connectivity index (χ1n) is 8.91. The molecule has 0 saturated carbocycles. The van der Waals surface area contributed by atoms with Crippen LogP contribution in [0.3, 0.4) is 0 Å². The summed E-state index contributed by atoms with van der Waals surface area (Å²) in [5, 5.41) is 5.46. The van der Waals surface area contributed by atoms with Gasteiger partial charge in [-0.1, -0.05) is 17.4 Å². The zero-order valence-corrected chi connectivity index (χ0v) is 17.3. The lowest BCUT2D eigenvalue weighted by Gasteiger charge is -2.12. The van der Waals surface area contributed by atoms with Gasteiger partial charge in [0.05, 0.1) is 17.9 Å². The molecule has 3 aromatic rings. The SMILES string of the molecule is CO[C@H](C)c1ccc(NC(=O)c2cc(NC(=O)c3cnc(N)s3)c(C)cc2F)nc1. The van der Waals surface area contributed by atoms with Crippen LogP contribution in [0.2, 0.25) is 0 Å². The van der Waals surface area contributed by atoms with Crippen LogP contribution >= 0.6 is 11.3 Å². The number of pyridine rings is 1. The van der Waals surface area contributed by atoms with Crippen molar-refractivity contribution in [3.63, 3.8) is 0 Å². The Morgan fingerprint density at radius 3 is 2.53 bits per heavy atom. The highest BCUT2D eigenvalue weighted by Crippen LogP contribution is 2.24. The molecule has 8 nitrogen and oxygen atoms in total. The molecule has 2 amide bonds. The molecule has 2 aromatic heterocycles. The van der Waals surface area contributed by atoms with Crippen LogP contribution in [0.25, 0.3) is 0 Å². The van der Waals surface area contributed by atoms with Crippen LogP contribution in [0, 0.1) is 12.7 Å². The van der Waals surface area contributed by atoms with E-state index in [2.05, 4.69) is 20.6 Å². The first kappa shape index (κ1) is 21.3. The molecule has 4 N–H and O–H groups in total. The van der Waals surface area contributed by atoms with Gasteiger partial charge in [0.15, 0.2) is 5.13 Å². The molecule has 0 aliphatic rings. The molecule has 0 aliphatic carbocycles. The van der Waals surface area contributed by atoms with Crippen molar-refractivity contribution in [3.8, 4) is 0 Å². The number of ether oxygens (including phenoxy) is 1. The monoisotopic (exact) mass is 429 g/mol. The molecule has 0 saturated heterocycles. The molecule has 0 aliphatic heterocycles. The van der Waals surface area contributed by atoms with E-state index in [4.69, 9.17) is 10.5 Å². The van der Waals surface area contributed by atoms with Crippen molar-refractivity contribution >= 4 is 39.8 Å². The highest BCUT2D eigenvalue weighted by Gasteiger charge is 2.18. The molecule has 0 spiro atoms. The Hall–Kier alpha value is -3.37. The van der Waals surface area contributed by atoms with E-state index < -0.39 is 17.6 Å². The predicted molar refractivity (Wildman–Crippen MR) is 113 cm³/mol. The predicted octanol–water partition coefficient (Wildman–Crippen LogP) is 3.78. The fraction of sp³-hybridized carbons (Fsp3) is 0.200. The lowest BCUT2D eigenvalue weighted by molar-refractivity contribution is 0.101. The summed E-state index contributed by atoms with van der Waals surface area (Å²) < 4.78 is 19.6. The van der Waals surface area contributed by atoms with Crippen molar-refractivity contribution in [2.24, 2.45) is 0 Å². The molecule has 30 heavy (non-hydrogen) atoms. The molecule has 2 heterocycles. The molecule has 1 atom stereocenters. The minimum Gasteiger partial charge on any atom is -0.377 e. The van der Waals surface area contributed by atoms with E-state index in [1.54, 1.807) is 32.4 Å². The quantitative estimate of drug-likeness (QED) is 0.549. The average Bonchev–Trinajstić information content (AvgIpc) is 3.16. The molecule has 0 unspecified atom stereocenters. The van der Waals surface area contributed by atoms with Gasteiger partial charge in [-0.3, -0.25) is 9.59 Å². The number of hydrogen-bond donors (Lipinski definition) is 3. The van der Waals surface area contributed by atoms with Crippen LogP contribution < -0.4 is 16.4 Å². The van der Waals surface area contributed by atoms with Crippen LogP contribution in [0.1, 0.15) is 44.2 Å². The Balaban J connectivity index is 1.78. The van der Waals surface area contributed by atoms with Crippen LogP contribution in [0.15, 0.2) is 36.7 Å². The average molecular weight is 429 g/mol. The number of benzene rings is 1. The third-order valence-electron chi connectivity index (χ3n) is 4.41. The molecule has 0 radical (unpaired) electrons. The van der Waals surface area contributed by atoms with Crippen molar-refractivity contribution in [2.45, 2.75) is 20.0 Å². The standard InChI is InChI=1S/C20H20FN5O3S/c1-10-6-14(21)13(7-15(10)25-19(28)16-9-24-20(22)30-16)18(27)26-17-5-4-12(8-23-17)11(2)29-3/h4-9,11H,1-3H3,(H2,22,24)(H,25,28)(H,23,26,27)/t11-/m1/s1. The second-order valence-electron chi connectivity index (χ2n) is 6.47. The minimum absolute atomic E-state index is 0.142. The van der Waals surface area contributed by atoms with Gasteiger partial charge in [-0.05, 0) is 43.2 Å². The Labute approximate surface area is 176 Å². The second kappa shape index (κ2) is 8.97. The van der Waals surface area contributed by atoms with Gasteiger partial charge in [0.25, 0.3) is 11.8 Å². The number of nitrogens with one attached hydrogen (secondary N) is 2. The van der Waals surface area contributed by atoms with Crippen LogP contribution in [-0.2, 0) is 4.74 Å². The lowest BCUT2D eigenvalue weighted by Crippen LogP contribution is -2.17. The molecule has 1 aromatic carbocycles. The fourth-order valence-corrected chi connectivity index (χ4v) is 3.18. The van der Waals surface area contributed by atoms with Crippen LogP contribution in [0.5, 0.6) is 0 Å². The van der Waals surface area contributed by atoms with Gasteiger partial charge in [0, 0.05) is 19.0 Å². The van der Waals surface area contributed by atoms with E-state index in [-0.39, 0.29) is 22.6 Å². The maximum atomic E-state index is 14.4. The number of aryl methyl sites for hydroxylation is 1. The Kier molecular flexibility index (Phi) is 6.38. The van der Waals surface area contributed by atoms with Crippen molar-refractivity contribution in [1.29, 1.82) is 0 Å². The zero-order valence-electron chi connectivity index (χ0n) is 16.5. The summed E-state index contributed by atoms with van der Waals surface area (Å²) in [6.45, 7) is 3.49. The van der Waals surface area contributed by atoms with Crippen molar-refractivity contribution < 1.29 is 18.7 Å². The molecule has 3 rings (SSSR count). The number of carbonyl (C=O) groups excluding carboxylic acids is 2. The van der Waals surface area contributed by atoms with E-state index in [0.717, 1.165) is 16.9 Å². The zero-order chi connectivity index (χ0) is 21.8. The van der Waals surface area contributed by atoms with Gasteiger partial charge in [0.1, 0.15) is 16.5 Å². The number of carbonyl (C=O) groups is 2. The van der Waals surface area contributed by atoms with Crippen LogP contribution in [-0.4, -0.2) is 28.9 Å². The first-order valence-corrected chi connectivity index (χ1v) is 9.73. The number of rotatable bonds is 6. The highest BCUT2D eigenvalue weighted by atomic mass is 32.1. The number of amides is 2. The number of nitrogen functional groups attached to an aromatic ring is 1. The highest BCUT2D eigenvalue weighted by molar-refractivity contribution is 7.17. The van der Waals surface area contributed by atoms with Gasteiger partial charge >= 0.3 is 0 Å². The Morgan fingerprint density at radius 1 is 1.17 bits per heavy atom. The molecular formula is C20H20FN5O3S. The topological polar surface area (TPSA) is 119 Å². The van der Waals surface area contributed by atoms with Gasteiger partial charge in [-0.2, -0.15) is 0 Å². The number of anilines is 3. The van der Waals surface area contributed by atoms with Gasteiger partial charge < -0.3 is 21.1 Å². The van der Waals surface area contributed by atoms with Gasteiger partial charge in [-0.25, -0.2) is 14.4 Å². The van der Waals surface area contributed by atoms with E-state index in [9.17, 15) is 14.0 Å². The summed E-state index contributed by atoms with van der Waals surface area (Å²) in [4.78, 5) is 33.2. The smallest absolute Gasteiger partial charge is 0.267 e. The third-order valence-corrected chi connectivity index (χ3v) is 5.23. The molecule has 10 heteroatoms. The molecule has 0 bridgehead atoms. The summed E-state index contributed by atoms with van der Waals surface area (Å²) in [6.07, 6.45) is 2.78. The summed E-state index contributed by atoms with van der Waals surface area (Å²) in [5.74, 6) is -1.59. The Bertz CT molecular complexity index is 1080. The largest absolute Gasteiger partial charge is 0.377 e. The summed E-state index contributed by atoms with van der Waals surface area (Å²) >= 11 is 1.03. The maximum absolute atomic E-state index is 14.4. The number of hydrogen-bond acceptors (Lipinski definition) is 7. The number of thiazole rings is 1. The van der Waals surface area contributed by atoms with E-state index in [1.165, 1.54) is 18.3 Å². The first-order chi connectivity index (χ1) is 14.3. The number of nitrogens with zero attached hydrogens (tertiary/aromatic N) is 2. The Morgan fingerprint density at radius 2 is 1.93 bits per heavy atom. The fourth-order valence-electron chi connectivity index (χ4n) is 2.60. The van der Waals surface area contributed by atoms with Gasteiger partial charge in [0.2, 0.25) is 0 Å². The van der Waals surface area contributed by atoms with E-state index in [1.807, 2.05) is 6.92 Å². The number of halogens is 1. The summed E-state index contributed by atoms with van der Waals surface area (Å²) in [5.41, 5.74) is 6.92. The van der Waals surface area contributed by atoms with Crippen molar-refractivity contribution in [3.05, 3.63) is 64.0 Å². The molecule has 0 fully saturated rings. The van der Waals surface area contributed by atoms with E-state index in [0.29, 0.717) is 16.1 Å². The van der Waals surface area contributed by atoms with Crippen LogP contribution in [0.4, 0.5) is 21.0 Å². The minimum atomic E-state index is -0.713. The maximum Gasteiger partial charge on any atom is 0.267 e. The number of methoxy groups -OCH3 is 1. The number of aromatic nitrogens is 2. The summed E-state index contributed by atoms with van der Waals surface area (Å²) in [6, 6.07) is 5.83.